The summed E-state index contributed by atoms with van der Waals surface area (Å²) in [7, 11) is -5.12. The van der Waals surface area contributed by atoms with Crippen LogP contribution in [0, 0.1) is 20.8 Å². The van der Waals surface area contributed by atoms with Gasteiger partial charge in [-0.05, 0) is 37.5 Å². The Labute approximate surface area is 109 Å². The van der Waals surface area contributed by atoms with E-state index in [0.29, 0.717) is 0 Å². The summed E-state index contributed by atoms with van der Waals surface area (Å²) in [4.78, 5) is -0.759. The second-order valence-electron chi connectivity index (χ2n) is 4.45. The molecule has 0 spiro atoms. The summed E-state index contributed by atoms with van der Waals surface area (Å²) >= 11 is 0. The van der Waals surface area contributed by atoms with Crippen molar-refractivity contribution in [3.8, 4) is 0 Å². The van der Waals surface area contributed by atoms with Gasteiger partial charge in [0.2, 0.25) is 0 Å². The molecule has 0 aliphatic carbocycles. The fraction of sp³-hybridized carbons (Fsp3) is 0.400. The highest BCUT2D eigenvalue weighted by atomic mass is 32.3. The lowest BCUT2D eigenvalue weighted by Gasteiger charge is -2.22. The Morgan fingerprint density at radius 2 is 1.53 bits per heavy atom. The number of hydrogen-bond acceptors (Lipinski definition) is 3. The molecule has 9 heteroatoms. The monoisotopic (exact) mass is 298 g/mol. The minimum absolute atomic E-state index is 0.0593. The molecular weight excluding hydrogens is 285 g/mol. The highest BCUT2D eigenvalue weighted by molar-refractivity contribution is 7.86. The second-order valence-corrected chi connectivity index (χ2v) is 5.73. The maximum absolute atomic E-state index is 13.2. The summed E-state index contributed by atoms with van der Waals surface area (Å²) in [5, 5.41) is 0. The first-order valence-corrected chi connectivity index (χ1v) is 6.78. The molecule has 0 unspecified atom stereocenters. The van der Waals surface area contributed by atoms with E-state index in [1.54, 1.807) is 0 Å². The second kappa shape index (κ2) is 4.70. The molecule has 1 aromatic carbocycles. The van der Waals surface area contributed by atoms with E-state index in [4.69, 9.17) is 5.73 Å². The first kappa shape index (κ1) is 15.8. The Morgan fingerprint density at radius 3 is 1.89 bits per heavy atom. The van der Waals surface area contributed by atoms with Crippen LogP contribution in [0.3, 0.4) is 0 Å². The van der Waals surface area contributed by atoms with Crippen LogP contribution in [0.2, 0.25) is 0 Å². The van der Waals surface area contributed by atoms with Crippen molar-refractivity contribution in [2.45, 2.75) is 32.0 Å². The van der Waals surface area contributed by atoms with Gasteiger partial charge in [-0.1, -0.05) is 11.9 Å². The quantitative estimate of drug-likeness (QED) is 0.404. The molecule has 1 aromatic rings. The van der Waals surface area contributed by atoms with Crippen molar-refractivity contribution in [3.05, 3.63) is 22.3 Å². The number of benzene rings is 1. The number of nitrogen functional groups attached to an aromatic ring is 1. The van der Waals surface area contributed by atoms with Crippen molar-refractivity contribution in [1.82, 2.24) is 0 Å². The van der Waals surface area contributed by atoms with Gasteiger partial charge in [0.05, 0.1) is 0 Å². The highest BCUT2D eigenvalue weighted by Gasteiger charge is 2.30. The van der Waals surface area contributed by atoms with Crippen LogP contribution in [0.5, 0.6) is 0 Å². The molecule has 19 heavy (non-hydrogen) atoms. The molecule has 0 aliphatic rings. The predicted molar refractivity (Wildman–Crippen MR) is 66.1 cm³/mol. The lowest BCUT2D eigenvalue weighted by atomic mass is 9.78. The average Bonchev–Trinajstić information content (AvgIpc) is 2.18. The molecule has 0 amide bonds. The fourth-order valence-electron chi connectivity index (χ4n) is 2.17. The lowest BCUT2D eigenvalue weighted by molar-refractivity contribution is 0.467. The van der Waals surface area contributed by atoms with E-state index in [2.05, 4.69) is 0 Å². The first-order valence-electron chi connectivity index (χ1n) is 5.40. The third kappa shape index (κ3) is 3.20. The van der Waals surface area contributed by atoms with E-state index in [1.807, 2.05) is 0 Å². The maximum atomic E-state index is 13.2. The first-order chi connectivity index (χ1) is 8.36. The van der Waals surface area contributed by atoms with Gasteiger partial charge in [0.15, 0.2) is 0 Å². The minimum atomic E-state index is -5.17. The largest absolute Gasteiger partial charge is 0.482 e. The molecule has 0 aliphatic heterocycles. The Bertz CT molecular complexity index is 626. The number of nitrogens with two attached hydrogens (primary N) is 1. The Hall–Kier alpha value is -1.25. The molecular formula is C10H13BF4NO2S-. The summed E-state index contributed by atoms with van der Waals surface area (Å²) < 4.78 is 72.9. The zero-order valence-electron chi connectivity index (χ0n) is 10.6. The maximum Gasteiger partial charge on any atom is 0.482 e. The van der Waals surface area contributed by atoms with Gasteiger partial charge in [-0.25, -0.2) is 0 Å². The zero-order valence-corrected chi connectivity index (χ0v) is 11.4. The van der Waals surface area contributed by atoms with Crippen LogP contribution in [0.15, 0.2) is 4.90 Å². The summed E-state index contributed by atoms with van der Waals surface area (Å²) in [6, 6.07) is 0. The highest BCUT2D eigenvalue weighted by Crippen LogP contribution is 2.35. The smallest absolute Gasteiger partial charge is 0.449 e. The van der Waals surface area contributed by atoms with Gasteiger partial charge >= 0.3 is 17.2 Å². The van der Waals surface area contributed by atoms with Gasteiger partial charge in [-0.3, -0.25) is 0 Å². The van der Waals surface area contributed by atoms with Crippen molar-refractivity contribution in [2.75, 3.05) is 5.73 Å². The molecule has 3 nitrogen and oxygen atoms in total. The Morgan fingerprint density at radius 1 is 1.05 bits per heavy atom. The van der Waals surface area contributed by atoms with E-state index in [-0.39, 0.29) is 27.9 Å². The predicted octanol–water partition coefficient (Wildman–Crippen LogP) is 2.78. The number of anilines is 1. The van der Waals surface area contributed by atoms with E-state index in [0.717, 1.165) is 6.92 Å². The minimum Gasteiger partial charge on any atom is -0.449 e. The van der Waals surface area contributed by atoms with Crippen molar-refractivity contribution in [2.24, 2.45) is 0 Å². The molecule has 0 saturated carbocycles. The van der Waals surface area contributed by atoms with E-state index in [1.165, 1.54) is 13.8 Å². The molecule has 0 fully saturated rings. The average molecular weight is 298 g/mol. The van der Waals surface area contributed by atoms with Crippen molar-refractivity contribution in [3.63, 3.8) is 0 Å². The van der Waals surface area contributed by atoms with Crippen LogP contribution >= 0.6 is 0 Å². The van der Waals surface area contributed by atoms with Crippen LogP contribution in [-0.2, 0) is 16.5 Å². The zero-order chi connectivity index (χ0) is 15.2. The van der Waals surface area contributed by atoms with Gasteiger partial charge in [0.1, 0.15) is 4.90 Å². The standard InChI is InChI=1S/C10H13BF4NO2S/c1-5-8(4-11(12,13)14)6(2)10(19(15,17)18)7(3)9(5)16/h4,16H2,1-3H3/q-1. The number of halogens is 4. The summed E-state index contributed by atoms with van der Waals surface area (Å²) in [6.07, 6.45) is -1.29. The van der Waals surface area contributed by atoms with E-state index < -0.39 is 28.4 Å². The number of hydrogen-bond donors (Lipinski definition) is 1. The summed E-state index contributed by atoms with van der Waals surface area (Å²) in [5.74, 6) is 0. The topological polar surface area (TPSA) is 60.2 Å². The number of rotatable bonds is 3. The van der Waals surface area contributed by atoms with Crippen molar-refractivity contribution in [1.29, 1.82) is 0 Å². The molecule has 0 atom stereocenters. The molecule has 1 rings (SSSR count). The Balaban J connectivity index is 3.72. The van der Waals surface area contributed by atoms with Crippen LogP contribution < -0.4 is 5.73 Å². The summed E-state index contributed by atoms with van der Waals surface area (Å²) in [6.45, 7) is -1.39. The SMILES string of the molecule is Cc1c(N)c(C)c(S(=O)(=O)F)c(C)c1C[B-](F)(F)F. The van der Waals surface area contributed by atoms with Crippen LogP contribution in [0.4, 0.5) is 22.5 Å². The van der Waals surface area contributed by atoms with Gasteiger partial charge < -0.3 is 18.7 Å². The third-order valence-corrected chi connectivity index (χ3v) is 4.17. The van der Waals surface area contributed by atoms with E-state index >= 15 is 0 Å². The van der Waals surface area contributed by atoms with Crippen LogP contribution in [0.25, 0.3) is 0 Å². The molecule has 0 bridgehead atoms. The molecule has 0 saturated heterocycles. The molecule has 108 valence electrons. The van der Waals surface area contributed by atoms with Crippen molar-refractivity contribution >= 4 is 22.9 Å². The summed E-state index contributed by atoms with van der Waals surface area (Å²) in [5.41, 5.74) is 5.03. The lowest BCUT2D eigenvalue weighted by Crippen LogP contribution is -2.22. The van der Waals surface area contributed by atoms with Gasteiger partial charge in [-0.2, -0.15) is 8.42 Å². The van der Waals surface area contributed by atoms with Gasteiger partial charge in [-0.15, -0.1) is 3.89 Å². The fourth-order valence-corrected chi connectivity index (χ4v) is 3.13. The molecule has 2 N–H and O–H groups in total. The Kier molecular flexibility index (Phi) is 3.91. The van der Waals surface area contributed by atoms with Crippen molar-refractivity contribution < 1.29 is 25.3 Å². The normalized spacial score (nSPS) is 12.8. The molecule has 0 aromatic heterocycles. The van der Waals surface area contributed by atoms with Crippen LogP contribution in [0.1, 0.15) is 22.3 Å². The van der Waals surface area contributed by atoms with Gasteiger partial charge in [0.25, 0.3) is 0 Å². The van der Waals surface area contributed by atoms with Gasteiger partial charge in [0, 0.05) is 5.69 Å². The molecule has 0 heterocycles. The molecule has 0 radical (unpaired) electrons. The third-order valence-electron chi connectivity index (χ3n) is 3.07. The van der Waals surface area contributed by atoms with E-state index in [9.17, 15) is 25.3 Å². The van der Waals surface area contributed by atoms with Crippen LogP contribution in [-0.4, -0.2) is 15.4 Å².